The molecule has 1 unspecified atom stereocenters. The number of carbonyl (C=O) groups excluding carboxylic acids is 1. The molecule has 0 fully saturated rings. The van der Waals surface area contributed by atoms with Crippen LogP contribution in [0.25, 0.3) is 0 Å². The third-order valence-electron chi connectivity index (χ3n) is 1.53. The first-order valence-electron chi connectivity index (χ1n) is 3.49. The van der Waals surface area contributed by atoms with Crippen molar-refractivity contribution in [2.45, 2.75) is 11.7 Å². The topological polar surface area (TPSA) is 84.6 Å². The van der Waals surface area contributed by atoms with Crippen LogP contribution in [0.4, 0.5) is 0 Å². The largest absolute Gasteiger partial charge is 0.468 e. The number of aldehydes is 1. The number of hydrogen-bond acceptors (Lipinski definition) is 4. The van der Waals surface area contributed by atoms with Gasteiger partial charge in [-0.05, 0) is 12.1 Å². The maximum atomic E-state index is 10.8. The molecule has 0 bridgehead atoms. The molecule has 1 rings (SSSR count). The fourth-order valence-electron chi connectivity index (χ4n) is 0.946. The molecule has 0 aromatic carbocycles. The van der Waals surface area contributed by atoms with Gasteiger partial charge in [0.25, 0.3) is 10.1 Å². The number of carbonyl (C=O) groups is 1. The molecule has 6 heteroatoms. The Bertz CT molecular complexity index is 364. The lowest BCUT2D eigenvalue weighted by atomic mass is 10.2. The van der Waals surface area contributed by atoms with Crippen LogP contribution in [0.15, 0.2) is 22.8 Å². The molecular formula is C7H8O5S. The summed E-state index contributed by atoms with van der Waals surface area (Å²) in [5.74, 6) is 0.0644. The van der Waals surface area contributed by atoms with Crippen molar-refractivity contribution < 1.29 is 22.2 Å². The number of rotatable bonds is 4. The third-order valence-corrected chi connectivity index (χ3v) is 2.67. The molecule has 0 saturated heterocycles. The minimum absolute atomic E-state index is 0.0644. The van der Waals surface area contributed by atoms with Crippen LogP contribution < -0.4 is 0 Å². The zero-order valence-electron chi connectivity index (χ0n) is 6.58. The van der Waals surface area contributed by atoms with Gasteiger partial charge in [-0.1, -0.05) is 0 Å². The first-order chi connectivity index (χ1) is 6.05. The van der Waals surface area contributed by atoms with E-state index in [9.17, 15) is 13.2 Å². The van der Waals surface area contributed by atoms with Gasteiger partial charge in [0, 0.05) is 6.42 Å². The van der Waals surface area contributed by atoms with Crippen LogP contribution >= 0.6 is 0 Å². The van der Waals surface area contributed by atoms with Crippen molar-refractivity contribution in [1.82, 2.24) is 0 Å². The van der Waals surface area contributed by atoms with Gasteiger partial charge in [0.1, 0.15) is 12.0 Å². The Morgan fingerprint density at radius 3 is 2.69 bits per heavy atom. The molecule has 1 atom stereocenters. The Balaban J connectivity index is 3.00. The van der Waals surface area contributed by atoms with Gasteiger partial charge in [-0.3, -0.25) is 4.55 Å². The molecule has 1 aromatic heterocycles. The fraction of sp³-hybridized carbons (Fsp3) is 0.286. The highest BCUT2D eigenvalue weighted by molar-refractivity contribution is 7.86. The molecule has 5 nitrogen and oxygen atoms in total. The van der Waals surface area contributed by atoms with E-state index in [0.717, 1.165) is 0 Å². The van der Waals surface area contributed by atoms with Crippen molar-refractivity contribution in [3.63, 3.8) is 0 Å². The second-order valence-corrected chi connectivity index (χ2v) is 4.02. The highest BCUT2D eigenvalue weighted by Gasteiger charge is 2.26. The van der Waals surface area contributed by atoms with Crippen LogP contribution in [-0.4, -0.2) is 19.3 Å². The summed E-state index contributed by atoms with van der Waals surface area (Å²) < 4.78 is 35.0. The molecule has 0 radical (unpaired) electrons. The predicted molar refractivity (Wildman–Crippen MR) is 43.7 cm³/mol. The van der Waals surface area contributed by atoms with E-state index in [2.05, 4.69) is 0 Å². The zero-order chi connectivity index (χ0) is 9.90. The highest BCUT2D eigenvalue weighted by Crippen LogP contribution is 2.24. The van der Waals surface area contributed by atoms with E-state index in [1.165, 1.54) is 18.4 Å². The summed E-state index contributed by atoms with van der Waals surface area (Å²) in [6, 6.07) is 2.88. The minimum atomic E-state index is -4.28. The van der Waals surface area contributed by atoms with Gasteiger partial charge < -0.3 is 9.21 Å². The summed E-state index contributed by atoms with van der Waals surface area (Å²) in [5, 5.41) is -1.29. The molecule has 0 spiro atoms. The normalized spacial score (nSPS) is 13.9. The van der Waals surface area contributed by atoms with E-state index in [1.807, 2.05) is 0 Å². The molecule has 0 aliphatic carbocycles. The van der Waals surface area contributed by atoms with Crippen LogP contribution in [-0.2, 0) is 14.9 Å². The van der Waals surface area contributed by atoms with Gasteiger partial charge in [-0.15, -0.1) is 0 Å². The molecular weight excluding hydrogens is 196 g/mol. The first kappa shape index (κ1) is 9.94. The molecule has 72 valence electrons. The van der Waals surface area contributed by atoms with Gasteiger partial charge >= 0.3 is 0 Å². The van der Waals surface area contributed by atoms with Crippen LogP contribution in [0, 0.1) is 0 Å². The monoisotopic (exact) mass is 204 g/mol. The average Bonchev–Trinajstić information content (AvgIpc) is 2.49. The van der Waals surface area contributed by atoms with Gasteiger partial charge in [-0.2, -0.15) is 8.42 Å². The summed E-state index contributed by atoms with van der Waals surface area (Å²) in [7, 11) is -4.28. The fourth-order valence-corrected chi connectivity index (χ4v) is 1.70. The minimum Gasteiger partial charge on any atom is -0.468 e. The number of furan rings is 1. The lowest BCUT2D eigenvalue weighted by Gasteiger charge is -2.06. The van der Waals surface area contributed by atoms with E-state index in [0.29, 0.717) is 6.29 Å². The maximum absolute atomic E-state index is 10.8. The maximum Gasteiger partial charge on any atom is 0.275 e. The molecule has 0 saturated carbocycles. The van der Waals surface area contributed by atoms with Crippen LogP contribution in [0.1, 0.15) is 17.4 Å². The van der Waals surface area contributed by atoms with Crippen molar-refractivity contribution in [2.75, 3.05) is 0 Å². The molecule has 0 aliphatic heterocycles. The second kappa shape index (κ2) is 3.71. The molecule has 0 aliphatic rings. The van der Waals surface area contributed by atoms with E-state index >= 15 is 0 Å². The van der Waals surface area contributed by atoms with E-state index in [-0.39, 0.29) is 12.2 Å². The van der Waals surface area contributed by atoms with Crippen molar-refractivity contribution in [1.29, 1.82) is 0 Å². The zero-order valence-corrected chi connectivity index (χ0v) is 7.40. The Morgan fingerprint density at radius 2 is 2.31 bits per heavy atom. The van der Waals surface area contributed by atoms with Gasteiger partial charge in [0.2, 0.25) is 0 Å². The van der Waals surface area contributed by atoms with Crippen molar-refractivity contribution >= 4 is 16.4 Å². The molecule has 13 heavy (non-hydrogen) atoms. The molecule has 1 aromatic rings. The van der Waals surface area contributed by atoms with Crippen LogP contribution in [0.3, 0.4) is 0 Å². The number of hydrogen-bond donors (Lipinski definition) is 1. The van der Waals surface area contributed by atoms with E-state index < -0.39 is 15.4 Å². The summed E-state index contributed by atoms with van der Waals surface area (Å²) in [4.78, 5) is 10.1. The quantitative estimate of drug-likeness (QED) is 0.579. The summed E-state index contributed by atoms with van der Waals surface area (Å²) >= 11 is 0. The molecule has 1 N–H and O–H groups in total. The summed E-state index contributed by atoms with van der Waals surface area (Å²) in [6.45, 7) is 0. The lowest BCUT2D eigenvalue weighted by molar-refractivity contribution is -0.108. The van der Waals surface area contributed by atoms with Crippen molar-refractivity contribution in [3.8, 4) is 0 Å². The van der Waals surface area contributed by atoms with Gasteiger partial charge in [0.15, 0.2) is 5.25 Å². The average molecular weight is 204 g/mol. The lowest BCUT2D eigenvalue weighted by Crippen LogP contribution is -2.11. The Hall–Kier alpha value is -1.14. The Labute approximate surface area is 75.1 Å². The summed E-state index contributed by atoms with van der Waals surface area (Å²) in [5.41, 5.74) is 0. The van der Waals surface area contributed by atoms with E-state index in [1.54, 1.807) is 0 Å². The SMILES string of the molecule is O=CCC(c1ccco1)S(=O)(=O)O. The first-order valence-corrected chi connectivity index (χ1v) is 4.99. The smallest absolute Gasteiger partial charge is 0.275 e. The predicted octanol–water partition coefficient (Wildman–Crippen LogP) is 0.798. The standard InChI is InChI=1S/C7H8O5S/c8-4-3-7(13(9,10)11)6-2-1-5-12-6/h1-2,4-5,7H,3H2,(H,9,10,11). The van der Waals surface area contributed by atoms with Gasteiger partial charge in [-0.25, -0.2) is 0 Å². The van der Waals surface area contributed by atoms with Crippen molar-refractivity contribution in [3.05, 3.63) is 24.2 Å². The molecule has 0 amide bonds. The van der Waals surface area contributed by atoms with E-state index in [4.69, 9.17) is 8.97 Å². The van der Waals surface area contributed by atoms with Gasteiger partial charge in [0.05, 0.1) is 6.26 Å². The van der Waals surface area contributed by atoms with Crippen molar-refractivity contribution in [2.24, 2.45) is 0 Å². The summed E-state index contributed by atoms with van der Waals surface area (Å²) in [6.07, 6.45) is 1.38. The third kappa shape index (κ3) is 2.40. The second-order valence-electron chi connectivity index (χ2n) is 2.42. The Morgan fingerprint density at radius 1 is 1.62 bits per heavy atom. The van der Waals surface area contributed by atoms with Crippen LogP contribution in [0.5, 0.6) is 0 Å². The Kier molecular flexibility index (Phi) is 2.84. The van der Waals surface area contributed by atoms with Crippen LogP contribution in [0.2, 0.25) is 0 Å². The molecule has 1 heterocycles. The highest BCUT2D eigenvalue weighted by atomic mass is 32.2.